The maximum atomic E-state index is 11.3. The molecule has 0 unspecified atom stereocenters. The molecule has 0 spiro atoms. The molecule has 1 amide bonds. The van der Waals surface area contributed by atoms with Crippen LogP contribution in [0.15, 0.2) is 30.3 Å². The Kier molecular flexibility index (Phi) is 4.88. The van der Waals surface area contributed by atoms with E-state index >= 15 is 0 Å². The van der Waals surface area contributed by atoms with Crippen LogP contribution in [0.4, 0.5) is 0 Å². The quantitative estimate of drug-likeness (QED) is 0.468. The summed E-state index contributed by atoms with van der Waals surface area (Å²) >= 11 is 0. The van der Waals surface area contributed by atoms with Crippen LogP contribution >= 0.6 is 0 Å². The Morgan fingerprint density at radius 3 is 2.93 bits per heavy atom. The molecule has 70 valence electrons. The van der Waals surface area contributed by atoms with Crippen molar-refractivity contribution in [2.45, 2.75) is 0 Å². The van der Waals surface area contributed by atoms with Crippen LogP contribution in [-0.2, 0) is 0 Å². The van der Waals surface area contributed by atoms with E-state index < -0.39 is 0 Å². The van der Waals surface area contributed by atoms with Crippen LogP contribution in [0, 0.1) is 6.07 Å². The number of aromatic nitrogens is 1. The molecule has 15 heavy (non-hydrogen) atoms. The van der Waals surface area contributed by atoms with Crippen molar-refractivity contribution in [1.29, 1.82) is 0 Å². The SMILES string of the molecule is CNC(=O)c1ccc2c[c-]ccc2n1.[K+]. The van der Waals surface area contributed by atoms with Crippen LogP contribution in [0.2, 0.25) is 0 Å². The zero-order valence-electron chi connectivity index (χ0n) is 8.74. The first-order valence-corrected chi connectivity index (χ1v) is 4.30. The van der Waals surface area contributed by atoms with Crippen molar-refractivity contribution in [3.8, 4) is 0 Å². The Morgan fingerprint density at radius 2 is 2.20 bits per heavy atom. The van der Waals surface area contributed by atoms with Crippen LogP contribution in [0.25, 0.3) is 10.9 Å². The third kappa shape index (κ3) is 2.86. The fourth-order valence-electron chi connectivity index (χ4n) is 1.26. The minimum atomic E-state index is -0.167. The minimum absolute atomic E-state index is 0. The topological polar surface area (TPSA) is 42.0 Å². The first kappa shape index (κ1) is 12.8. The van der Waals surface area contributed by atoms with Gasteiger partial charge in [0, 0.05) is 7.05 Å². The summed E-state index contributed by atoms with van der Waals surface area (Å²) in [7, 11) is 1.59. The molecular weight excluding hydrogens is 215 g/mol. The van der Waals surface area contributed by atoms with Gasteiger partial charge in [-0.1, -0.05) is 0 Å². The molecule has 1 N–H and O–H groups in total. The molecule has 0 saturated carbocycles. The molecule has 0 aliphatic carbocycles. The summed E-state index contributed by atoms with van der Waals surface area (Å²) in [5.41, 5.74) is 1.25. The van der Waals surface area contributed by atoms with Crippen LogP contribution in [0.5, 0.6) is 0 Å². The van der Waals surface area contributed by atoms with Crippen molar-refractivity contribution in [2.24, 2.45) is 0 Å². The number of carbonyl (C=O) groups is 1. The van der Waals surface area contributed by atoms with Gasteiger partial charge in [-0.25, -0.2) is 0 Å². The van der Waals surface area contributed by atoms with Gasteiger partial charge in [0.05, 0.1) is 0 Å². The van der Waals surface area contributed by atoms with E-state index in [1.807, 2.05) is 18.2 Å². The third-order valence-corrected chi connectivity index (χ3v) is 1.99. The smallest absolute Gasteiger partial charge is 0.354 e. The number of fused-ring (bicyclic) bond motifs is 1. The molecule has 0 radical (unpaired) electrons. The summed E-state index contributed by atoms with van der Waals surface area (Å²) in [5.74, 6) is -0.167. The van der Waals surface area contributed by atoms with E-state index in [2.05, 4.69) is 16.4 Å². The zero-order chi connectivity index (χ0) is 9.97. The van der Waals surface area contributed by atoms with Gasteiger partial charge < -0.3 is 5.32 Å². The molecule has 0 aliphatic heterocycles. The van der Waals surface area contributed by atoms with Gasteiger partial charge in [-0.3, -0.25) is 9.78 Å². The van der Waals surface area contributed by atoms with Crippen molar-refractivity contribution < 1.29 is 56.2 Å². The second kappa shape index (κ2) is 5.72. The number of hydrogen-bond acceptors (Lipinski definition) is 2. The Labute approximate surface area is 131 Å². The van der Waals surface area contributed by atoms with Crippen molar-refractivity contribution in [2.75, 3.05) is 7.05 Å². The molecule has 4 heteroatoms. The fourth-order valence-corrected chi connectivity index (χ4v) is 1.26. The number of nitrogens with one attached hydrogen (secondary N) is 1. The molecular formula is C11H9KN2O. The monoisotopic (exact) mass is 224 g/mol. The Hall–Kier alpha value is -0.264. The van der Waals surface area contributed by atoms with E-state index in [0.717, 1.165) is 10.9 Å². The van der Waals surface area contributed by atoms with Crippen LogP contribution in [0.3, 0.4) is 0 Å². The molecule has 1 heterocycles. The predicted octanol–water partition coefficient (Wildman–Crippen LogP) is -1.60. The van der Waals surface area contributed by atoms with Gasteiger partial charge in [0.25, 0.3) is 5.91 Å². The number of hydrogen-bond donors (Lipinski definition) is 1. The number of pyridine rings is 1. The summed E-state index contributed by atoms with van der Waals surface area (Å²) in [6.07, 6.45) is 0. The average Bonchev–Trinajstić information content (AvgIpc) is 2.27. The van der Waals surface area contributed by atoms with Crippen molar-refractivity contribution >= 4 is 16.8 Å². The van der Waals surface area contributed by atoms with Crippen LogP contribution in [0.1, 0.15) is 10.5 Å². The van der Waals surface area contributed by atoms with Gasteiger partial charge in [0.15, 0.2) is 0 Å². The number of carbonyl (C=O) groups excluding carboxylic acids is 1. The summed E-state index contributed by atoms with van der Waals surface area (Å²) < 4.78 is 0. The van der Waals surface area contributed by atoms with Gasteiger partial charge in [-0.05, 0) is 11.6 Å². The van der Waals surface area contributed by atoms with E-state index in [0.29, 0.717) is 5.69 Å². The number of amides is 1. The fraction of sp³-hybridized carbons (Fsp3) is 0.0909. The number of nitrogens with zero attached hydrogens (tertiary/aromatic N) is 1. The predicted molar refractivity (Wildman–Crippen MR) is 54.0 cm³/mol. The maximum Gasteiger partial charge on any atom is 1.00 e. The molecule has 0 fully saturated rings. The molecule has 0 atom stereocenters. The van der Waals surface area contributed by atoms with Crippen molar-refractivity contribution in [1.82, 2.24) is 10.3 Å². The average molecular weight is 224 g/mol. The minimum Gasteiger partial charge on any atom is -0.354 e. The van der Waals surface area contributed by atoms with E-state index in [9.17, 15) is 4.79 Å². The Morgan fingerprint density at radius 1 is 1.40 bits per heavy atom. The standard InChI is InChI=1S/C11H9N2O.K/c1-12-11(14)10-7-6-8-4-2-3-5-9(8)13-10;/h3-7H,1H3,(H,12,14);/q-1;+1. The molecule has 1 aromatic carbocycles. The summed E-state index contributed by atoms with van der Waals surface area (Å²) in [6, 6.07) is 12.0. The molecule has 0 bridgehead atoms. The van der Waals surface area contributed by atoms with Gasteiger partial charge in [0.1, 0.15) is 5.69 Å². The number of rotatable bonds is 1. The van der Waals surface area contributed by atoms with E-state index in [1.165, 1.54) is 0 Å². The van der Waals surface area contributed by atoms with E-state index in [4.69, 9.17) is 0 Å². The number of benzene rings is 1. The van der Waals surface area contributed by atoms with E-state index in [1.54, 1.807) is 19.2 Å². The van der Waals surface area contributed by atoms with Gasteiger partial charge in [-0.15, -0.1) is 17.5 Å². The Bertz CT molecular complexity index is 485. The molecule has 0 aliphatic rings. The van der Waals surface area contributed by atoms with Crippen molar-refractivity contribution in [3.05, 3.63) is 42.1 Å². The van der Waals surface area contributed by atoms with Crippen LogP contribution < -0.4 is 56.7 Å². The molecule has 0 saturated heterocycles. The largest absolute Gasteiger partial charge is 1.00 e. The normalized spacial score (nSPS) is 9.40. The first-order valence-electron chi connectivity index (χ1n) is 4.30. The summed E-state index contributed by atoms with van der Waals surface area (Å²) in [6.45, 7) is 0. The van der Waals surface area contributed by atoms with Gasteiger partial charge >= 0.3 is 51.4 Å². The second-order valence-electron chi connectivity index (χ2n) is 2.89. The summed E-state index contributed by atoms with van der Waals surface area (Å²) in [5, 5.41) is 3.52. The molecule has 2 rings (SSSR count). The van der Waals surface area contributed by atoms with E-state index in [-0.39, 0.29) is 57.3 Å². The van der Waals surface area contributed by atoms with Gasteiger partial charge in [-0.2, -0.15) is 18.2 Å². The Balaban J connectivity index is 0.00000112. The van der Waals surface area contributed by atoms with Gasteiger partial charge in [0.2, 0.25) is 0 Å². The molecule has 1 aromatic heterocycles. The molecule has 2 aromatic rings. The second-order valence-corrected chi connectivity index (χ2v) is 2.89. The first-order chi connectivity index (χ1) is 6.81. The molecule has 3 nitrogen and oxygen atoms in total. The van der Waals surface area contributed by atoms with Crippen molar-refractivity contribution in [3.63, 3.8) is 0 Å². The maximum absolute atomic E-state index is 11.3. The zero-order valence-corrected chi connectivity index (χ0v) is 11.9. The van der Waals surface area contributed by atoms with Crippen LogP contribution in [-0.4, -0.2) is 17.9 Å². The summed E-state index contributed by atoms with van der Waals surface area (Å²) in [4.78, 5) is 15.5. The third-order valence-electron chi connectivity index (χ3n) is 1.99.